The van der Waals surface area contributed by atoms with E-state index in [9.17, 15) is 0 Å². The summed E-state index contributed by atoms with van der Waals surface area (Å²) in [6.45, 7) is 12.9. The van der Waals surface area contributed by atoms with Crippen molar-refractivity contribution in [2.45, 2.75) is 105 Å². The summed E-state index contributed by atoms with van der Waals surface area (Å²) in [5.74, 6) is 0. The maximum absolute atomic E-state index is 4.00. The first-order valence-corrected chi connectivity index (χ1v) is 23.8. The molecule has 0 fully saturated rings. The van der Waals surface area contributed by atoms with Gasteiger partial charge in [0.1, 0.15) is 26.2 Å². The van der Waals surface area contributed by atoms with Crippen LogP contribution >= 0.6 is 0 Å². The number of pyridine rings is 4. The van der Waals surface area contributed by atoms with Crippen LogP contribution in [0.3, 0.4) is 0 Å². The fourth-order valence-electron chi connectivity index (χ4n) is 9.17. The van der Waals surface area contributed by atoms with Crippen molar-refractivity contribution < 1.29 is 18.3 Å². The van der Waals surface area contributed by atoms with E-state index in [1.165, 1.54) is 0 Å². The second-order valence-electron chi connectivity index (χ2n) is 17.4. The van der Waals surface area contributed by atoms with Crippen molar-refractivity contribution in [3.8, 4) is 0 Å². The molecule has 0 aromatic carbocycles. The van der Waals surface area contributed by atoms with Gasteiger partial charge in [-0.1, -0.05) is 53.4 Å². The molecule has 1 aliphatic rings. The van der Waals surface area contributed by atoms with Gasteiger partial charge in [-0.3, -0.25) is 0 Å². The highest BCUT2D eigenvalue weighted by atomic mass is 14.9. The summed E-state index contributed by atoms with van der Waals surface area (Å²) in [4.78, 5) is 16.0. The second-order valence-corrected chi connectivity index (χ2v) is 17.4. The molecule has 0 spiro atoms. The molecule has 8 bridgehead atoms. The number of fused-ring (bicyclic) bond motifs is 8. The number of nitrogens with zero attached hydrogens (tertiary/aromatic N) is 4. The zero-order chi connectivity index (χ0) is 43.8. The monoisotopic (exact) mass is 849 g/mol. The largest absolute Gasteiger partial charge is 0.354 e. The molecule has 0 saturated carbocycles. The van der Waals surface area contributed by atoms with Crippen LogP contribution in [-0.2, 0) is 26.2 Å². The van der Waals surface area contributed by atoms with Gasteiger partial charge < -0.3 is 19.9 Å². The van der Waals surface area contributed by atoms with Gasteiger partial charge in [0.05, 0.1) is 0 Å². The minimum atomic E-state index is 0.975. The Bertz CT molecular complexity index is 2720. The van der Waals surface area contributed by atoms with Gasteiger partial charge in [-0.2, -0.15) is 0 Å². The highest BCUT2D eigenvalue weighted by Crippen LogP contribution is 2.27. The van der Waals surface area contributed by atoms with Gasteiger partial charge in [-0.05, 0) is 72.8 Å². The summed E-state index contributed by atoms with van der Waals surface area (Å²) >= 11 is 0. The lowest BCUT2D eigenvalue weighted by atomic mass is 10.0. The van der Waals surface area contributed by atoms with E-state index in [4.69, 9.17) is 0 Å². The van der Waals surface area contributed by atoms with Gasteiger partial charge in [0, 0.05) is 139 Å². The van der Waals surface area contributed by atoms with E-state index in [0.29, 0.717) is 0 Å². The lowest BCUT2D eigenvalue weighted by Crippen LogP contribution is -2.34. The Morgan fingerprint density at radius 3 is 0.797 bits per heavy atom. The van der Waals surface area contributed by atoms with E-state index in [0.717, 1.165) is 166 Å². The van der Waals surface area contributed by atoms with Crippen LogP contribution in [0.25, 0.3) is 22.3 Å². The standard InChI is InChI=1S/C56H64N8/c1-5-9-29-61-33-13-17-41(37-61)53-45-21-23-47(57-45)54(42-18-14-34-62(38-42)30-10-6-2)49-25-27-51(59-49)56(44-20-16-36-64(40-44)32-12-8-4)52-28-26-50(60-52)55(48-24-22-46(53)58-48)43-19-15-35-63(39-43)31-11-7-3/h13-28,33-40,57-60H,5-12,29-32H2,1-4H3/q+4. The van der Waals surface area contributed by atoms with Crippen LogP contribution in [0.1, 0.15) is 124 Å². The fourth-order valence-corrected chi connectivity index (χ4v) is 9.17. The SMILES string of the molecule is CCCC[n+]1cccc(C2=c3ccc([nH]3)=C(c3ccc[n+](CCCC)c3)c3ccc([nH]3)C(c3ccc[n+](CCCC)c3)=c3ccc([nH]3)=C(c3ccc[n+](CCCC)c3)c3ccc2[nH]3)c1. The number of aryl methyl sites for hydroxylation is 4. The van der Waals surface area contributed by atoms with Crippen molar-refractivity contribution in [3.63, 3.8) is 0 Å². The molecule has 0 amide bonds. The molecule has 324 valence electrons. The average molecular weight is 849 g/mol. The van der Waals surface area contributed by atoms with Gasteiger partial charge in [0.15, 0.2) is 49.6 Å². The normalized spacial score (nSPS) is 12.7. The number of hydrogen-bond donors (Lipinski definition) is 4. The molecule has 1 aliphatic heterocycles. The predicted molar refractivity (Wildman–Crippen MR) is 254 cm³/mol. The molecule has 9 rings (SSSR count). The van der Waals surface area contributed by atoms with Crippen LogP contribution in [0.15, 0.2) is 147 Å². The third kappa shape index (κ3) is 9.14. The van der Waals surface area contributed by atoms with Crippen LogP contribution < -0.4 is 39.7 Å². The van der Waals surface area contributed by atoms with E-state index in [2.05, 4.69) is 213 Å². The molecule has 4 N–H and O–H groups in total. The topological polar surface area (TPSA) is 78.7 Å². The summed E-state index contributed by atoms with van der Waals surface area (Å²) < 4.78 is 9.33. The van der Waals surface area contributed by atoms with Gasteiger partial charge in [-0.15, -0.1) is 0 Å². The molecule has 8 nitrogen and oxygen atoms in total. The first-order valence-electron chi connectivity index (χ1n) is 23.8. The zero-order valence-corrected chi connectivity index (χ0v) is 38.1. The molecule has 0 atom stereocenters. The number of aromatic nitrogens is 8. The van der Waals surface area contributed by atoms with Crippen molar-refractivity contribution in [1.29, 1.82) is 0 Å². The molecule has 0 unspecified atom stereocenters. The molecule has 0 radical (unpaired) electrons. The summed E-state index contributed by atoms with van der Waals surface area (Å²) in [7, 11) is 0. The third-order valence-corrected chi connectivity index (χ3v) is 12.6. The Kier molecular flexibility index (Phi) is 13.1. The number of hydrogen-bond acceptors (Lipinski definition) is 0. The number of aromatic amines is 4. The summed E-state index contributed by atoms with van der Waals surface area (Å²) in [5.41, 5.74) is 13.3. The Labute approximate surface area is 377 Å². The molecule has 8 aromatic rings. The number of nitrogens with one attached hydrogen (secondary N) is 4. The molecule has 0 aliphatic carbocycles. The molecular weight excluding hydrogens is 785 g/mol. The van der Waals surface area contributed by atoms with Crippen LogP contribution in [0.2, 0.25) is 0 Å². The van der Waals surface area contributed by atoms with E-state index in [1.807, 2.05) is 0 Å². The molecule has 8 aromatic heterocycles. The Morgan fingerprint density at radius 2 is 0.562 bits per heavy atom. The number of H-pyrrole nitrogens is 4. The molecule has 64 heavy (non-hydrogen) atoms. The van der Waals surface area contributed by atoms with Gasteiger partial charge >= 0.3 is 0 Å². The second kappa shape index (κ2) is 19.7. The van der Waals surface area contributed by atoms with E-state index in [-0.39, 0.29) is 0 Å². The maximum Gasteiger partial charge on any atom is 0.176 e. The highest BCUT2D eigenvalue weighted by Gasteiger charge is 2.22. The molecular formula is C56H64N8+4. The molecule has 0 saturated heterocycles. The fraction of sp³-hybridized carbons (Fsp3) is 0.286. The lowest BCUT2D eigenvalue weighted by Gasteiger charge is -2.09. The smallest absolute Gasteiger partial charge is 0.176 e. The quantitative estimate of drug-likeness (QED) is 0.0787. The van der Waals surface area contributed by atoms with Crippen molar-refractivity contribution in [2.75, 3.05) is 0 Å². The first-order chi connectivity index (χ1) is 31.5. The van der Waals surface area contributed by atoms with Gasteiger partial charge in [-0.25, -0.2) is 18.3 Å². The Morgan fingerprint density at radius 1 is 0.312 bits per heavy atom. The minimum Gasteiger partial charge on any atom is -0.354 e. The third-order valence-electron chi connectivity index (χ3n) is 12.6. The highest BCUT2D eigenvalue weighted by molar-refractivity contribution is 5.84. The lowest BCUT2D eigenvalue weighted by molar-refractivity contribution is -0.697. The van der Waals surface area contributed by atoms with Crippen molar-refractivity contribution in [1.82, 2.24) is 19.9 Å². The van der Waals surface area contributed by atoms with Gasteiger partial charge in [0.2, 0.25) is 0 Å². The average Bonchev–Trinajstić information content (AvgIpc) is 4.18. The summed E-state index contributed by atoms with van der Waals surface area (Å²) in [5, 5.41) is 4.21. The van der Waals surface area contributed by atoms with E-state index >= 15 is 0 Å². The first kappa shape index (κ1) is 42.5. The van der Waals surface area contributed by atoms with E-state index in [1.54, 1.807) is 0 Å². The predicted octanol–water partition coefficient (Wildman–Crippen LogP) is 6.65. The van der Waals surface area contributed by atoms with Crippen molar-refractivity contribution in [3.05, 3.63) is 213 Å². The summed E-state index contributed by atoms with van der Waals surface area (Å²) in [6.07, 6.45) is 27.1. The Hall–Kier alpha value is -6.80. The minimum absolute atomic E-state index is 0.975. The van der Waals surface area contributed by atoms with Crippen LogP contribution in [0.5, 0.6) is 0 Å². The summed E-state index contributed by atoms with van der Waals surface area (Å²) in [6, 6.07) is 35.8. The molecule has 9 heterocycles. The Balaban J connectivity index is 1.37. The molecule has 8 heteroatoms. The number of unbranched alkanes of at least 4 members (excludes halogenated alkanes) is 4. The van der Waals surface area contributed by atoms with Gasteiger partial charge in [0.25, 0.3) is 0 Å². The van der Waals surface area contributed by atoms with Crippen LogP contribution in [0.4, 0.5) is 0 Å². The van der Waals surface area contributed by atoms with Crippen molar-refractivity contribution in [2.24, 2.45) is 0 Å². The number of rotatable bonds is 16. The van der Waals surface area contributed by atoms with Crippen LogP contribution in [0, 0.1) is 0 Å². The van der Waals surface area contributed by atoms with E-state index < -0.39 is 0 Å². The van der Waals surface area contributed by atoms with Crippen LogP contribution in [-0.4, -0.2) is 19.9 Å². The van der Waals surface area contributed by atoms with Crippen molar-refractivity contribution >= 4 is 22.3 Å². The maximum atomic E-state index is 4.00. The zero-order valence-electron chi connectivity index (χ0n) is 38.1.